The number of hydrogen-bond acceptors (Lipinski definition) is 4. The molecule has 0 unspecified atom stereocenters. The van der Waals surface area contributed by atoms with E-state index in [0.717, 1.165) is 0 Å². The van der Waals surface area contributed by atoms with Crippen molar-refractivity contribution in [2.75, 3.05) is 11.5 Å². The highest BCUT2D eigenvalue weighted by Gasteiger charge is 2.84. The van der Waals surface area contributed by atoms with Crippen molar-refractivity contribution >= 4 is 47.0 Å². The van der Waals surface area contributed by atoms with E-state index < -0.39 is 38.4 Å². The number of halogens is 6. The van der Waals surface area contributed by atoms with Crippen LogP contribution in [0.15, 0.2) is 42.9 Å². The van der Waals surface area contributed by atoms with Crippen LogP contribution >= 0.6 is 47.0 Å². The Kier molecular flexibility index (Phi) is 5.80. The van der Waals surface area contributed by atoms with Gasteiger partial charge in [0.25, 0.3) is 0 Å². The molecule has 4 aliphatic rings. The molecule has 2 aliphatic carbocycles. The molecule has 0 bridgehead atoms. The average Bonchev–Trinajstić information content (AvgIpc) is 3.28. The smallest absolute Gasteiger partial charge is 0.194 e. The summed E-state index contributed by atoms with van der Waals surface area (Å²) in [6, 6.07) is 0. The van der Waals surface area contributed by atoms with Gasteiger partial charge in [-0.05, 0) is 47.6 Å². The molecule has 2 aliphatic heterocycles. The monoisotopic (exact) mass is 516 g/mol. The van der Waals surface area contributed by atoms with Gasteiger partial charge in [0.05, 0.1) is 9.49 Å². The lowest BCUT2D eigenvalue weighted by atomic mass is 9.68. The Morgan fingerprint density at radius 1 is 0.677 bits per heavy atom. The number of fused-ring (bicyclic) bond motifs is 4. The van der Waals surface area contributed by atoms with Crippen molar-refractivity contribution in [2.45, 2.75) is 67.8 Å². The van der Waals surface area contributed by atoms with Crippen LogP contribution in [-0.2, 0) is 0 Å². The van der Waals surface area contributed by atoms with Gasteiger partial charge in [-0.15, -0.1) is 47.0 Å². The van der Waals surface area contributed by atoms with E-state index in [2.05, 4.69) is 0 Å². The third-order valence-corrected chi connectivity index (χ3v) is 12.1. The molecule has 2 atom stereocenters. The first-order valence-electron chi connectivity index (χ1n) is 10.1. The molecule has 1 saturated carbocycles. The highest BCUT2D eigenvalue weighted by Crippen LogP contribution is 2.76. The van der Waals surface area contributed by atoms with Crippen LogP contribution in [-0.4, -0.2) is 38.8 Å². The lowest BCUT2D eigenvalue weighted by Crippen LogP contribution is -2.52. The highest BCUT2D eigenvalue weighted by atomic mass is 32.2. The molecule has 0 radical (unpaired) electrons. The summed E-state index contributed by atoms with van der Waals surface area (Å²) < 4.78 is 89.2. The summed E-state index contributed by atoms with van der Waals surface area (Å²) in [6.45, 7) is 7.47. The third-order valence-electron chi connectivity index (χ3n) is 6.37. The van der Waals surface area contributed by atoms with Crippen LogP contribution in [0.25, 0.3) is 0 Å². The molecule has 10 heteroatoms. The molecule has 1 fully saturated rings. The van der Waals surface area contributed by atoms with E-state index in [9.17, 15) is 8.78 Å². The van der Waals surface area contributed by atoms with Gasteiger partial charge in [-0.2, -0.15) is 26.3 Å². The normalized spacial score (nSPS) is 34.5. The second kappa shape index (κ2) is 7.47. The maximum Gasteiger partial charge on any atom is 0.380 e. The zero-order chi connectivity index (χ0) is 23.0. The van der Waals surface area contributed by atoms with Crippen LogP contribution < -0.4 is 0 Å². The molecule has 4 rings (SSSR count). The fraction of sp³-hybridized carbons (Fsp3) is 0.619. The predicted molar refractivity (Wildman–Crippen MR) is 123 cm³/mol. The largest absolute Gasteiger partial charge is 0.380 e. The number of thioether (sulfide) groups is 4. The number of allylic oxidation sites excluding steroid dienone is 4. The van der Waals surface area contributed by atoms with Crippen LogP contribution in [0.1, 0.15) is 40.5 Å². The Bertz CT molecular complexity index is 874. The van der Waals surface area contributed by atoms with Gasteiger partial charge in [0, 0.05) is 19.6 Å². The summed E-state index contributed by atoms with van der Waals surface area (Å²) in [7, 11) is 0. The van der Waals surface area contributed by atoms with Gasteiger partial charge >= 0.3 is 17.8 Å². The van der Waals surface area contributed by atoms with E-state index in [1.165, 1.54) is 59.2 Å². The van der Waals surface area contributed by atoms with E-state index in [4.69, 9.17) is 0 Å². The lowest BCUT2D eigenvalue weighted by Gasteiger charge is -2.50. The van der Waals surface area contributed by atoms with Crippen molar-refractivity contribution in [3.8, 4) is 0 Å². The minimum Gasteiger partial charge on any atom is -0.194 e. The summed E-state index contributed by atoms with van der Waals surface area (Å²) in [5, 5.41) is 0. The topological polar surface area (TPSA) is 0 Å². The molecule has 0 aromatic rings. The van der Waals surface area contributed by atoms with E-state index >= 15 is 17.6 Å². The van der Waals surface area contributed by atoms with E-state index in [1.54, 1.807) is 0 Å². The van der Waals surface area contributed by atoms with Crippen LogP contribution in [0.4, 0.5) is 26.3 Å². The Labute approximate surface area is 195 Å². The minimum atomic E-state index is -5.48. The first kappa shape index (κ1) is 24.1. The SMILES string of the molecule is CCSC1=CC2=C3C(=C4C=C(SCC)S[C@@]4(CC)[C@@]2(CC)S1)C(F)(F)C(F)(F)C3(F)F. The molecule has 31 heavy (non-hydrogen) atoms. The highest BCUT2D eigenvalue weighted by molar-refractivity contribution is 8.25. The second-order valence-electron chi connectivity index (χ2n) is 7.66. The maximum atomic E-state index is 15.1. The van der Waals surface area contributed by atoms with Gasteiger partial charge in [0.1, 0.15) is 0 Å². The van der Waals surface area contributed by atoms with E-state index in [0.29, 0.717) is 32.8 Å². The van der Waals surface area contributed by atoms with E-state index in [-0.39, 0.29) is 11.1 Å². The summed E-state index contributed by atoms with van der Waals surface area (Å²) in [4.78, 5) is 0. The van der Waals surface area contributed by atoms with Gasteiger partial charge in [0.15, 0.2) is 0 Å². The Hall–Kier alpha value is -0.0600. The number of alkyl halides is 6. The van der Waals surface area contributed by atoms with Gasteiger partial charge in [-0.25, -0.2) is 0 Å². The molecule has 0 spiro atoms. The first-order valence-corrected chi connectivity index (χ1v) is 13.7. The molecule has 0 nitrogen and oxygen atoms in total. The van der Waals surface area contributed by atoms with Crippen LogP contribution in [0.3, 0.4) is 0 Å². The second-order valence-corrected chi connectivity index (χ2v) is 13.5. The third kappa shape index (κ3) is 2.71. The molecule has 0 saturated heterocycles. The van der Waals surface area contributed by atoms with E-state index in [1.807, 2.05) is 27.7 Å². The number of rotatable bonds is 6. The molecule has 0 aromatic carbocycles. The zero-order valence-electron chi connectivity index (χ0n) is 17.4. The molecular formula is C21H22F6S4. The Morgan fingerprint density at radius 3 is 1.32 bits per heavy atom. The molecule has 172 valence electrons. The van der Waals surface area contributed by atoms with Crippen molar-refractivity contribution in [1.29, 1.82) is 0 Å². The molecular weight excluding hydrogens is 494 g/mol. The van der Waals surface area contributed by atoms with Crippen molar-refractivity contribution in [3.05, 3.63) is 42.9 Å². The predicted octanol–water partition coefficient (Wildman–Crippen LogP) is 8.49. The Morgan fingerprint density at radius 2 is 1.03 bits per heavy atom. The number of hydrogen-bond donors (Lipinski definition) is 0. The van der Waals surface area contributed by atoms with Crippen molar-refractivity contribution < 1.29 is 26.3 Å². The van der Waals surface area contributed by atoms with Gasteiger partial charge < -0.3 is 0 Å². The minimum absolute atomic E-state index is 0.0398. The summed E-state index contributed by atoms with van der Waals surface area (Å²) in [5.74, 6) is -14.0. The van der Waals surface area contributed by atoms with Crippen molar-refractivity contribution in [2.24, 2.45) is 0 Å². The van der Waals surface area contributed by atoms with Gasteiger partial charge in [0.2, 0.25) is 0 Å². The van der Waals surface area contributed by atoms with Crippen molar-refractivity contribution in [3.63, 3.8) is 0 Å². The fourth-order valence-electron chi connectivity index (χ4n) is 5.09. The van der Waals surface area contributed by atoms with Crippen molar-refractivity contribution in [1.82, 2.24) is 0 Å². The average molecular weight is 517 g/mol. The fourth-order valence-corrected chi connectivity index (χ4v) is 11.0. The van der Waals surface area contributed by atoms with Crippen LogP contribution in [0.2, 0.25) is 0 Å². The van der Waals surface area contributed by atoms with Crippen LogP contribution in [0.5, 0.6) is 0 Å². The molecule has 0 aromatic heterocycles. The standard InChI is InChI=1S/C21H22F6S4/c1-5-17-11(9-13(30-17)28-7-3)15-16(20(24,25)21(26,27)19(15,22)23)12-10-14(29-8-4)31-18(12,17)6-2/h9-10H,5-8H2,1-4H3/t17-,18+. The lowest BCUT2D eigenvalue weighted by molar-refractivity contribution is -0.258. The Balaban J connectivity index is 2.14. The first-order chi connectivity index (χ1) is 14.4. The van der Waals surface area contributed by atoms with Gasteiger partial charge in [-0.3, -0.25) is 0 Å². The summed E-state index contributed by atoms with van der Waals surface area (Å²) in [5.41, 5.74) is -2.38. The quantitative estimate of drug-likeness (QED) is 0.325. The summed E-state index contributed by atoms with van der Waals surface area (Å²) in [6.07, 6.45) is 3.68. The van der Waals surface area contributed by atoms with Gasteiger partial charge in [-0.1, -0.05) is 27.7 Å². The molecule has 2 heterocycles. The molecule has 0 amide bonds. The summed E-state index contributed by atoms with van der Waals surface area (Å²) >= 11 is 5.62. The van der Waals surface area contributed by atoms with Crippen LogP contribution in [0, 0.1) is 0 Å². The molecule has 0 N–H and O–H groups in total. The zero-order valence-corrected chi connectivity index (χ0v) is 20.6. The maximum absolute atomic E-state index is 15.1.